The highest BCUT2D eigenvalue weighted by Crippen LogP contribution is 2.50. The molecule has 4 aliphatic carbocycles. The van der Waals surface area contributed by atoms with Gasteiger partial charge >= 0.3 is 0 Å². The van der Waals surface area contributed by atoms with Crippen LogP contribution in [-0.2, 0) is 14.4 Å². The monoisotopic (exact) mass is 478 g/mol. The van der Waals surface area contributed by atoms with Gasteiger partial charge in [-0.2, -0.15) is 0 Å². The molecule has 3 saturated carbocycles. The number of carbonyl (C=O) groups excluding carboxylic acids is 3. The lowest BCUT2D eigenvalue weighted by atomic mass is 9.66. The number of allylic oxidation sites excluding steroid dienone is 8. The number of aliphatic hydroxyl groups is 1. The number of carbonyl (C=O) groups is 3. The summed E-state index contributed by atoms with van der Waals surface area (Å²) in [5.41, 5.74) is 1.05. The van der Waals surface area contributed by atoms with Crippen LogP contribution in [0.3, 0.4) is 0 Å². The molecule has 4 nitrogen and oxygen atoms in total. The predicted molar refractivity (Wildman–Crippen MR) is 139 cm³/mol. The summed E-state index contributed by atoms with van der Waals surface area (Å²) in [5, 5.41) is 10.8. The molecular weight excluding hydrogens is 436 g/mol. The minimum atomic E-state index is -0.172. The molecule has 4 aliphatic rings. The summed E-state index contributed by atoms with van der Waals surface area (Å²) in [6.07, 6.45) is 13.8. The first kappa shape index (κ1) is 25.9. The second kappa shape index (κ2) is 9.33. The lowest BCUT2D eigenvalue weighted by Crippen LogP contribution is -2.33. The van der Waals surface area contributed by atoms with E-state index in [1.807, 2.05) is 0 Å². The smallest absolute Gasteiger partial charge is 0.170 e. The third-order valence-corrected chi connectivity index (χ3v) is 9.33. The Hall–Kier alpha value is -2.23. The Labute approximate surface area is 210 Å². The summed E-state index contributed by atoms with van der Waals surface area (Å²) in [4.78, 5) is 38.8. The van der Waals surface area contributed by atoms with Crippen LogP contribution in [0.2, 0.25) is 0 Å². The molecule has 190 valence electrons. The standard InChI is InChI=1S/C31H42O4/c1-30(2,3)18-12-14-20-24(16-18)28(34)22(26(20)32)10-8-7-9-11-23-27(33)21-15-13-19(31(4,5)6)17-25(21)29(23)35/h7-11,18-21,24-25,34H,12-17H2,1-6H3/b9-7+,10-8+,23-11-. The first-order valence-electron chi connectivity index (χ1n) is 13.4. The van der Waals surface area contributed by atoms with Crippen molar-refractivity contribution in [3.05, 3.63) is 47.3 Å². The van der Waals surface area contributed by atoms with Crippen LogP contribution in [0.4, 0.5) is 0 Å². The van der Waals surface area contributed by atoms with E-state index in [-0.39, 0.29) is 57.6 Å². The zero-order valence-corrected chi connectivity index (χ0v) is 22.3. The molecule has 0 amide bonds. The SMILES string of the molecule is CC(C)(C)C1CCC2C(=O)/C(=C/C=C/C=C/C3=C(O)C4CC(C(C)(C)C)CCC4C3=O)C(=O)C2C1. The van der Waals surface area contributed by atoms with E-state index >= 15 is 0 Å². The van der Waals surface area contributed by atoms with Gasteiger partial charge in [-0.3, -0.25) is 14.4 Å². The van der Waals surface area contributed by atoms with Gasteiger partial charge in [-0.25, -0.2) is 0 Å². The van der Waals surface area contributed by atoms with Crippen LogP contribution in [0.15, 0.2) is 47.3 Å². The highest BCUT2D eigenvalue weighted by molar-refractivity contribution is 6.27. The molecule has 6 unspecified atom stereocenters. The lowest BCUT2D eigenvalue weighted by Gasteiger charge is -2.38. The molecule has 6 atom stereocenters. The van der Waals surface area contributed by atoms with Gasteiger partial charge in [0.1, 0.15) is 5.76 Å². The van der Waals surface area contributed by atoms with Gasteiger partial charge in [-0.15, -0.1) is 0 Å². The van der Waals surface area contributed by atoms with Crippen LogP contribution in [0.5, 0.6) is 0 Å². The summed E-state index contributed by atoms with van der Waals surface area (Å²) in [6.45, 7) is 13.3. The summed E-state index contributed by atoms with van der Waals surface area (Å²) >= 11 is 0. The minimum absolute atomic E-state index is 0.00798. The molecule has 4 heteroatoms. The topological polar surface area (TPSA) is 71.4 Å². The van der Waals surface area contributed by atoms with Gasteiger partial charge in [0.15, 0.2) is 17.3 Å². The van der Waals surface area contributed by atoms with Crippen LogP contribution in [0.1, 0.15) is 80.1 Å². The zero-order valence-electron chi connectivity index (χ0n) is 22.3. The van der Waals surface area contributed by atoms with E-state index < -0.39 is 0 Å². The fourth-order valence-electron chi connectivity index (χ4n) is 6.88. The number of hydrogen-bond acceptors (Lipinski definition) is 4. The second-order valence-corrected chi connectivity index (χ2v) is 13.4. The molecular formula is C31H42O4. The Bertz CT molecular complexity index is 1020. The molecule has 0 radical (unpaired) electrons. The molecule has 0 bridgehead atoms. The Kier molecular flexibility index (Phi) is 6.89. The third kappa shape index (κ3) is 4.90. The van der Waals surface area contributed by atoms with E-state index in [2.05, 4.69) is 41.5 Å². The van der Waals surface area contributed by atoms with Crippen molar-refractivity contribution in [2.24, 2.45) is 46.3 Å². The molecule has 1 N–H and O–H groups in total. The maximum Gasteiger partial charge on any atom is 0.170 e. The summed E-state index contributed by atoms with van der Waals surface area (Å²) in [6, 6.07) is 0. The van der Waals surface area contributed by atoms with Crippen molar-refractivity contribution in [1.82, 2.24) is 0 Å². The number of hydrogen-bond donors (Lipinski definition) is 1. The van der Waals surface area contributed by atoms with E-state index in [1.165, 1.54) is 0 Å². The van der Waals surface area contributed by atoms with E-state index in [9.17, 15) is 19.5 Å². The molecule has 4 rings (SSSR count). The van der Waals surface area contributed by atoms with E-state index in [0.29, 0.717) is 23.0 Å². The van der Waals surface area contributed by atoms with Crippen molar-refractivity contribution in [2.75, 3.05) is 0 Å². The zero-order chi connectivity index (χ0) is 25.7. The fourth-order valence-corrected chi connectivity index (χ4v) is 6.88. The summed E-state index contributed by atoms with van der Waals surface area (Å²) in [7, 11) is 0. The third-order valence-electron chi connectivity index (χ3n) is 9.33. The summed E-state index contributed by atoms with van der Waals surface area (Å²) in [5.74, 6) is 0.716. The molecule has 0 heterocycles. The average molecular weight is 479 g/mol. The number of rotatable bonds is 3. The Morgan fingerprint density at radius 2 is 1.17 bits per heavy atom. The first-order valence-corrected chi connectivity index (χ1v) is 13.4. The quantitative estimate of drug-likeness (QED) is 0.277. The van der Waals surface area contributed by atoms with Crippen LogP contribution in [0.25, 0.3) is 0 Å². The van der Waals surface area contributed by atoms with Crippen molar-refractivity contribution in [2.45, 2.75) is 80.1 Å². The van der Waals surface area contributed by atoms with Crippen molar-refractivity contribution >= 4 is 17.3 Å². The maximum absolute atomic E-state index is 13.0. The van der Waals surface area contributed by atoms with Crippen molar-refractivity contribution < 1.29 is 19.5 Å². The minimum Gasteiger partial charge on any atom is -0.511 e. The van der Waals surface area contributed by atoms with Gasteiger partial charge in [0, 0.05) is 23.7 Å². The van der Waals surface area contributed by atoms with Crippen molar-refractivity contribution in [1.29, 1.82) is 0 Å². The number of fused-ring (bicyclic) bond motifs is 2. The first-order chi connectivity index (χ1) is 16.3. The number of Topliss-reactive ketones (excluding diaryl/α,β-unsaturated/α-hetero) is 3. The van der Waals surface area contributed by atoms with Gasteiger partial charge in [-0.05, 0) is 73.3 Å². The van der Waals surface area contributed by atoms with Gasteiger partial charge < -0.3 is 5.11 Å². The predicted octanol–water partition coefficient (Wildman–Crippen LogP) is 6.73. The Balaban J connectivity index is 1.43. The molecule has 3 fully saturated rings. The Morgan fingerprint density at radius 3 is 1.74 bits per heavy atom. The van der Waals surface area contributed by atoms with E-state index in [1.54, 1.807) is 30.4 Å². The van der Waals surface area contributed by atoms with E-state index in [0.717, 1.165) is 38.5 Å². The lowest BCUT2D eigenvalue weighted by molar-refractivity contribution is -0.122. The highest BCUT2D eigenvalue weighted by Gasteiger charge is 2.49. The Morgan fingerprint density at radius 1 is 0.657 bits per heavy atom. The molecule has 0 aromatic heterocycles. The van der Waals surface area contributed by atoms with Crippen molar-refractivity contribution in [3.8, 4) is 0 Å². The number of aliphatic hydroxyl groups excluding tert-OH is 1. The molecule has 0 aliphatic heterocycles. The van der Waals surface area contributed by atoms with Crippen LogP contribution in [0, 0.1) is 46.3 Å². The fraction of sp³-hybridized carbons (Fsp3) is 0.645. The van der Waals surface area contributed by atoms with Crippen LogP contribution < -0.4 is 0 Å². The van der Waals surface area contributed by atoms with Crippen molar-refractivity contribution in [3.63, 3.8) is 0 Å². The van der Waals surface area contributed by atoms with Gasteiger partial charge in [-0.1, -0.05) is 59.8 Å². The molecule has 0 aromatic carbocycles. The molecule has 35 heavy (non-hydrogen) atoms. The summed E-state index contributed by atoms with van der Waals surface area (Å²) < 4.78 is 0. The van der Waals surface area contributed by atoms with Gasteiger partial charge in [0.2, 0.25) is 0 Å². The van der Waals surface area contributed by atoms with Crippen LogP contribution in [-0.4, -0.2) is 22.5 Å². The molecule has 0 spiro atoms. The van der Waals surface area contributed by atoms with Crippen LogP contribution >= 0.6 is 0 Å². The molecule has 0 aromatic rings. The van der Waals surface area contributed by atoms with Gasteiger partial charge in [0.25, 0.3) is 0 Å². The normalized spacial score (nSPS) is 35.6. The molecule has 0 saturated heterocycles. The number of ketones is 3. The second-order valence-electron chi connectivity index (χ2n) is 13.4. The maximum atomic E-state index is 13.0. The van der Waals surface area contributed by atoms with Gasteiger partial charge in [0.05, 0.1) is 11.1 Å². The highest BCUT2D eigenvalue weighted by atomic mass is 16.3. The largest absolute Gasteiger partial charge is 0.511 e. The average Bonchev–Trinajstić information content (AvgIpc) is 3.17. The van der Waals surface area contributed by atoms with E-state index in [4.69, 9.17) is 0 Å².